The van der Waals surface area contributed by atoms with Gasteiger partial charge in [-0.25, -0.2) is 0 Å². The summed E-state index contributed by atoms with van der Waals surface area (Å²) in [6, 6.07) is 12.1. The summed E-state index contributed by atoms with van der Waals surface area (Å²) in [6.07, 6.45) is 5.00. The number of hydrogen-bond donors (Lipinski definition) is 2. The summed E-state index contributed by atoms with van der Waals surface area (Å²) in [4.78, 5) is 0. The van der Waals surface area contributed by atoms with E-state index >= 15 is 0 Å². The monoisotopic (exact) mass is 274 g/mol. The van der Waals surface area contributed by atoms with Crippen LogP contribution in [0.25, 0.3) is 0 Å². The summed E-state index contributed by atoms with van der Waals surface area (Å²) < 4.78 is 0. The zero-order valence-corrected chi connectivity index (χ0v) is 13.3. The van der Waals surface area contributed by atoms with Crippen LogP contribution in [0.2, 0.25) is 0 Å². The molecular formula is C18H30N2. The number of nitrogens with one attached hydrogen (secondary N) is 2. The summed E-state index contributed by atoms with van der Waals surface area (Å²) in [5, 5.41) is 7.43. The molecule has 2 rings (SSSR count). The van der Waals surface area contributed by atoms with E-state index in [2.05, 4.69) is 61.7 Å². The zero-order valence-electron chi connectivity index (χ0n) is 13.3. The summed E-state index contributed by atoms with van der Waals surface area (Å²) in [7, 11) is 0. The topological polar surface area (TPSA) is 24.1 Å². The van der Waals surface area contributed by atoms with Gasteiger partial charge in [0.25, 0.3) is 0 Å². The number of benzene rings is 1. The molecule has 2 N–H and O–H groups in total. The van der Waals surface area contributed by atoms with Crippen LogP contribution >= 0.6 is 0 Å². The molecule has 20 heavy (non-hydrogen) atoms. The van der Waals surface area contributed by atoms with Crippen molar-refractivity contribution in [3.05, 3.63) is 35.9 Å². The standard InChI is InChI=1S/C18H30N2/c1-18(2,3)14-17(15-8-5-4-6-9-15)20-16-10-7-12-19-13-11-16/h4-6,8-9,16-17,19-20H,7,10-14H2,1-3H3. The molecule has 1 aromatic rings. The van der Waals surface area contributed by atoms with Gasteiger partial charge >= 0.3 is 0 Å². The van der Waals surface area contributed by atoms with Crippen LogP contribution in [0.4, 0.5) is 0 Å². The molecule has 0 aliphatic carbocycles. The molecule has 0 radical (unpaired) electrons. The van der Waals surface area contributed by atoms with E-state index in [0.29, 0.717) is 17.5 Å². The Hall–Kier alpha value is -0.860. The van der Waals surface area contributed by atoms with Crippen LogP contribution in [-0.4, -0.2) is 19.1 Å². The van der Waals surface area contributed by atoms with E-state index < -0.39 is 0 Å². The van der Waals surface area contributed by atoms with E-state index in [1.165, 1.54) is 37.8 Å². The lowest BCUT2D eigenvalue weighted by Crippen LogP contribution is -2.35. The maximum absolute atomic E-state index is 3.93. The van der Waals surface area contributed by atoms with Crippen molar-refractivity contribution in [1.82, 2.24) is 10.6 Å². The van der Waals surface area contributed by atoms with Gasteiger partial charge in [-0.05, 0) is 49.8 Å². The van der Waals surface area contributed by atoms with E-state index in [9.17, 15) is 0 Å². The average Bonchev–Trinajstić information content (AvgIpc) is 2.66. The molecule has 112 valence electrons. The first kappa shape index (κ1) is 15.5. The third kappa shape index (κ3) is 5.26. The third-order valence-electron chi connectivity index (χ3n) is 4.03. The van der Waals surface area contributed by atoms with Crippen LogP contribution in [0.5, 0.6) is 0 Å². The Morgan fingerprint density at radius 2 is 1.90 bits per heavy atom. The molecule has 1 aliphatic heterocycles. The highest BCUT2D eigenvalue weighted by Gasteiger charge is 2.23. The highest BCUT2D eigenvalue weighted by atomic mass is 15.0. The van der Waals surface area contributed by atoms with Crippen LogP contribution in [0.15, 0.2) is 30.3 Å². The minimum absolute atomic E-state index is 0.344. The summed E-state index contributed by atoms with van der Waals surface area (Å²) >= 11 is 0. The van der Waals surface area contributed by atoms with Gasteiger partial charge in [0.15, 0.2) is 0 Å². The molecule has 1 aliphatic rings. The lowest BCUT2D eigenvalue weighted by molar-refractivity contribution is 0.285. The van der Waals surface area contributed by atoms with Crippen molar-refractivity contribution in [2.24, 2.45) is 5.41 Å². The van der Waals surface area contributed by atoms with Gasteiger partial charge in [-0.1, -0.05) is 51.1 Å². The second-order valence-corrected chi connectivity index (χ2v) is 7.27. The fraction of sp³-hybridized carbons (Fsp3) is 0.667. The molecule has 1 fully saturated rings. The summed E-state index contributed by atoms with van der Waals surface area (Å²) in [5.74, 6) is 0. The van der Waals surface area contributed by atoms with Crippen LogP contribution in [0.3, 0.4) is 0 Å². The minimum atomic E-state index is 0.344. The van der Waals surface area contributed by atoms with Crippen molar-refractivity contribution in [2.45, 2.75) is 58.5 Å². The molecule has 1 aromatic carbocycles. The molecular weight excluding hydrogens is 244 g/mol. The van der Waals surface area contributed by atoms with Crippen molar-refractivity contribution >= 4 is 0 Å². The van der Waals surface area contributed by atoms with Crippen molar-refractivity contribution in [1.29, 1.82) is 0 Å². The van der Waals surface area contributed by atoms with Gasteiger partial charge < -0.3 is 10.6 Å². The van der Waals surface area contributed by atoms with E-state index in [0.717, 1.165) is 6.54 Å². The first-order valence-electron chi connectivity index (χ1n) is 8.06. The first-order chi connectivity index (χ1) is 9.54. The third-order valence-corrected chi connectivity index (χ3v) is 4.03. The lowest BCUT2D eigenvalue weighted by atomic mass is 9.85. The Morgan fingerprint density at radius 1 is 1.15 bits per heavy atom. The first-order valence-corrected chi connectivity index (χ1v) is 8.06. The minimum Gasteiger partial charge on any atom is -0.317 e. The van der Waals surface area contributed by atoms with Gasteiger partial charge in [0.1, 0.15) is 0 Å². The Labute approximate surface area is 124 Å². The molecule has 0 bridgehead atoms. The second-order valence-electron chi connectivity index (χ2n) is 7.27. The molecule has 0 saturated carbocycles. The Bertz CT molecular complexity index is 372. The van der Waals surface area contributed by atoms with Gasteiger partial charge in [0.2, 0.25) is 0 Å². The normalized spacial score (nSPS) is 22.2. The van der Waals surface area contributed by atoms with Gasteiger partial charge in [-0.2, -0.15) is 0 Å². The van der Waals surface area contributed by atoms with Crippen LogP contribution in [0, 0.1) is 5.41 Å². The number of rotatable bonds is 4. The van der Waals surface area contributed by atoms with Gasteiger partial charge in [-0.3, -0.25) is 0 Å². The smallest absolute Gasteiger partial charge is 0.0327 e. The Balaban J connectivity index is 2.05. The maximum Gasteiger partial charge on any atom is 0.0327 e. The quantitative estimate of drug-likeness (QED) is 0.870. The van der Waals surface area contributed by atoms with Crippen molar-refractivity contribution in [3.63, 3.8) is 0 Å². The highest BCUT2D eigenvalue weighted by molar-refractivity contribution is 5.19. The lowest BCUT2D eigenvalue weighted by Gasteiger charge is -2.30. The van der Waals surface area contributed by atoms with Gasteiger partial charge in [0.05, 0.1) is 0 Å². The molecule has 0 spiro atoms. The summed E-state index contributed by atoms with van der Waals surface area (Å²) in [5.41, 5.74) is 1.77. The van der Waals surface area contributed by atoms with E-state index in [-0.39, 0.29) is 0 Å². The molecule has 0 amide bonds. The Kier molecular flexibility index (Phi) is 5.62. The van der Waals surface area contributed by atoms with Crippen LogP contribution in [-0.2, 0) is 0 Å². The van der Waals surface area contributed by atoms with E-state index in [1.54, 1.807) is 0 Å². The number of hydrogen-bond acceptors (Lipinski definition) is 2. The van der Waals surface area contributed by atoms with E-state index in [4.69, 9.17) is 0 Å². The molecule has 1 heterocycles. The average molecular weight is 274 g/mol. The van der Waals surface area contributed by atoms with Crippen molar-refractivity contribution in [2.75, 3.05) is 13.1 Å². The Morgan fingerprint density at radius 3 is 2.60 bits per heavy atom. The molecule has 2 heteroatoms. The second kappa shape index (κ2) is 7.24. The predicted octanol–water partition coefficient (Wildman–Crippen LogP) is 3.90. The molecule has 2 unspecified atom stereocenters. The van der Waals surface area contributed by atoms with E-state index in [1.807, 2.05) is 0 Å². The van der Waals surface area contributed by atoms with Crippen molar-refractivity contribution < 1.29 is 0 Å². The van der Waals surface area contributed by atoms with Crippen LogP contribution < -0.4 is 10.6 Å². The van der Waals surface area contributed by atoms with Gasteiger partial charge in [0, 0.05) is 12.1 Å². The predicted molar refractivity (Wildman–Crippen MR) is 86.9 cm³/mol. The van der Waals surface area contributed by atoms with Crippen LogP contribution in [0.1, 0.15) is 58.1 Å². The maximum atomic E-state index is 3.93. The van der Waals surface area contributed by atoms with Gasteiger partial charge in [-0.15, -0.1) is 0 Å². The SMILES string of the molecule is CC(C)(C)CC(NC1CCCNCC1)c1ccccc1. The largest absolute Gasteiger partial charge is 0.317 e. The molecule has 2 nitrogen and oxygen atoms in total. The highest BCUT2D eigenvalue weighted by Crippen LogP contribution is 2.30. The molecule has 1 saturated heterocycles. The fourth-order valence-electron chi connectivity index (χ4n) is 3.04. The summed E-state index contributed by atoms with van der Waals surface area (Å²) in [6.45, 7) is 9.32. The zero-order chi connectivity index (χ0) is 14.4. The molecule has 2 atom stereocenters. The van der Waals surface area contributed by atoms with Crippen molar-refractivity contribution in [3.8, 4) is 0 Å². The fourth-order valence-corrected chi connectivity index (χ4v) is 3.04. The molecule has 0 aromatic heterocycles.